The Kier molecular flexibility index (Phi) is 8.99. The molecule has 4 heteroatoms. The van der Waals surface area contributed by atoms with Gasteiger partial charge in [0.1, 0.15) is 6.10 Å². The van der Waals surface area contributed by atoms with Crippen molar-refractivity contribution < 1.29 is 19.1 Å². The maximum Gasteiger partial charge on any atom is 0.305 e. The number of ketones is 1. The Hall–Kier alpha value is -1.16. The lowest BCUT2D eigenvalue weighted by Crippen LogP contribution is -2.33. The van der Waals surface area contributed by atoms with E-state index in [1.807, 2.05) is 0 Å². The summed E-state index contributed by atoms with van der Waals surface area (Å²) in [6.07, 6.45) is 12.3. The highest BCUT2D eigenvalue weighted by Crippen LogP contribution is 2.17. The van der Waals surface area contributed by atoms with Crippen molar-refractivity contribution in [1.29, 1.82) is 0 Å². The van der Waals surface area contributed by atoms with Crippen molar-refractivity contribution in [1.82, 2.24) is 0 Å². The van der Waals surface area contributed by atoms with Crippen LogP contribution in [0.3, 0.4) is 0 Å². The van der Waals surface area contributed by atoms with Gasteiger partial charge in [0.25, 0.3) is 0 Å². The molecule has 4 nitrogen and oxygen atoms in total. The summed E-state index contributed by atoms with van der Waals surface area (Å²) < 4.78 is 10.4. The van der Waals surface area contributed by atoms with Crippen LogP contribution in [0.5, 0.6) is 0 Å². The van der Waals surface area contributed by atoms with Gasteiger partial charge in [-0.1, -0.05) is 58.3 Å². The third-order valence-corrected chi connectivity index (χ3v) is 3.64. The lowest BCUT2D eigenvalue weighted by Gasteiger charge is -2.24. The number of rotatable bonds is 10. The van der Waals surface area contributed by atoms with E-state index in [1.165, 1.54) is 57.6 Å². The fourth-order valence-corrected chi connectivity index (χ4v) is 2.46. The van der Waals surface area contributed by atoms with Crippen LogP contribution < -0.4 is 0 Å². The number of hydrogen-bond donors (Lipinski definition) is 0. The molecule has 1 heterocycles. The Labute approximate surface area is 127 Å². The zero-order valence-electron chi connectivity index (χ0n) is 13.3. The van der Waals surface area contributed by atoms with Gasteiger partial charge < -0.3 is 9.47 Å². The summed E-state index contributed by atoms with van der Waals surface area (Å²) in [4.78, 5) is 22.6. The number of ether oxygens (including phenoxy) is 2. The molecule has 2 atom stereocenters. The Morgan fingerprint density at radius 3 is 2.38 bits per heavy atom. The summed E-state index contributed by atoms with van der Waals surface area (Å²) in [5.41, 5.74) is 0. The van der Waals surface area contributed by atoms with Gasteiger partial charge in [0.2, 0.25) is 6.29 Å². The Morgan fingerprint density at radius 2 is 1.76 bits per heavy atom. The smallest absolute Gasteiger partial charge is 0.305 e. The highest BCUT2D eigenvalue weighted by molar-refractivity contribution is 5.94. The van der Waals surface area contributed by atoms with Gasteiger partial charge in [-0.2, -0.15) is 0 Å². The topological polar surface area (TPSA) is 52.6 Å². The van der Waals surface area contributed by atoms with Gasteiger partial charge in [-0.3, -0.25) is 9.59 Å². The van der Waals surface area contributed by atoms with Crippen LogP contribution in [-0.4, -0.2) is 24.1 Å². The molecule has 0 aromatic heterocycles. The van der Waals surface area contributed by atoms with Gasteiger partial charge in [0, 0.05) is 6.92 Å². The van der Waals surface area contributed by atoms with Crippen LogP contribution in [0, 0.1) is 0 Å². The van der Waals surface area contributed by atoms with Gasteiger partial charge in [0.15, 0.2) is 5.78 Å². The van der Waals surface area contributed by atoms with Gasteiger partial charge in [-0.15, -0.1) is 0 Å². The molecule has 1 aliphatic heterocycles. The molecule has 1 aliphatic rings. The van der Waals surface area contributed by atoms with Crippen molar-refractivity contribution >= 4 is 11.8 Å². The van der Waals surface area contributed by atoms with E-state index in [0.29, 0.717) is 6.42 Å². The lowest BCUT2D eigenvalue weighted by molar-refractivity contribution is -0.180. The first-order chi connectivity index (χ1) is 10.1. The third-order valence-electron chi connectivity index (χ3n) is 3.64. The Bertz CT molecular complexity index is 349. The number of unbranched alkanes of at least 4 members (excludes halogenated alkanes) is 7. The molecule has 0 aromatic carbocycles. The maximum absolute atomic E-state index is 11.7. The monoisotopic (exact) mass is 296 g/mol. The van der Waals surface area contributed by atoms with Crippen LogP contribution in [0.1, 0.15) is 71.6 Å². The van der Waals surface area contributed by atoms with Crippen LogP contribution in [0.25, 0.3) is 0 Å². The van der Waals surface area contributed by atoms with E-state index in [1.54, 1.807) is 0 Å². The minimum absolute atomic E-state index is 0.0265. The summed E-state index contributed by atoms with van der Waals surface area (Å²) in [5, 5.41) is 0. The molecular weight excluding hydrogens is 268 g/mol. The second kappa shape index (κ2) is 10.6. The quantitative estimate of drug-likeness (QED) is 0.453. The second-order valence-corrected chi connectivity index (χ2v) is 5.63. The molecule has 0 saturated carbocycles. The molecule has 0 aromatic rings. The van der Waals surface area contributed by atoms with Crippen LogP contribution in [0.15, 0.2) is 12.2 Å². The zero-order valence-corrected chi connectivity index (χ0v) is 13.3. The molecule has 0 amide bonds. The number of carbonyl (C=O) groups is 2. The van der Waals surface area contributed by atoms with Crippen molar-refractivity contribution in [3.05, 3.63) is 12.2 Å². The van der Waals surface area contributed by atoms with Crippen LogP contribution in [0.2, 0.25) is 0 Å². The molecule has 0 saturated heterocycles. The largest absolute Gasteiger partial charge is 0.432 e. The Morgan fingerprint density at radius 1 is 1.14 bits per heavy atom. The fourth-order valence-electron chi connectivity index (χ4n) is 2.46. The van der Waals surface area contributed by atoms with E-state index in [4.69, 9.17) is 9.47 Å². The normalized spacial score (nSPS) is 21.5. The molecule has 1 rings (SSSR count). The summed E-state index contributed by atoms with van der Waals surface area (Å²) in [6.45, 7) is 3.56. The van der Waals surface area contributed by atoms with Gasteiger partial charge in [-0.25, -0.2) is 0 Å². The molecule has 21 heavy (non-hydrogen) atoms. The summed E-state index contributed by atoms with van der Waals surface area (Å²) in [5.74, 6) is -0.425. The second-order valence-electron chi connectivity index (χ2n) is 5.63. The molecule has 0 spiro atoms. The zero-order chi connectivity index (χ0) is 15.5. The van der Waals surface area contributed by atoms with Crippen molar-refractivity contribution in [2.75, 3.05) is 0 Å². The summed E-state index contributed by atoms with van der Waals surface area (Å²) >= 11 is 0. The van der Waals surface area contributed by atoms with Crippen molar-refractivity contribution in [2.24, 2.45) is 0 Å². The van der Waals surface area contributed by atoms with E-state index in [0.717, 1.165) is 12.8 Å². The lowest BCUT2D eigenvalue weighted by atomic mass is 10.0. The number of esters is 1. The number of carbonyl (C=O) groups excluding carboxylic acids is 2. The molecule has 0 fully saturated rings. The molecule has 2 unspecified atom stereocenters. The van der Waals surface area contributed by atoms with E-state index >= 15 is 0 Å². The molecule has 0 N–H and O–H groups in total. The predicted octanol–water partition coefficient (Wildman–Crippen LogP) is 3.93. The van der Waals surface area contributed by atoms with Crippen LogP contribution >= 0.6 is 0 Å². The highest BCUT2D eigenvalue weighted by Gasteiger charge is 2.26. The summed E-state index contributed by atoms with van der Waals surface area (Å²) in [7, 11) is 0. The van der Waals surface area contributed by atoms with Gasteiger partial charge in [0.05, 0.1) is 0 Å². The van der Waals surface area contributed by atoms with Crippen molar-refractivity contribution in [3.8, 4) is 0 Å². The minimum Gasteiger partial charge on any atom is -0.432 e. The average molecular weight is 296 g/mol. The van der Waals surface area contributed by atoms with E-state index < -0.39 is 18.4 Å². The highest BCUT2D eigenvalue weighted by atomic mass is 16.7. The van der Waals surface area contributed by atoms with Gasteiger partial charge in [-0.05, 0) is 18.6 Å². The average Bonchev–Trinajstić information content (AvgIpc) is 2.44. The van der Waals surface area contributed by atoms with Crippen molar-refractivity contribution in [2.45, 2.75) is 84.0 Å². The maximum atomic E-state index is 11.7. The van der Waals surface area contributed by atoms with Crippen molar-refractivity contribution in [3.63, 3.8) is 0 Å². The first-order valence-corrected chi connectivity index (χ1v) is 8.18. The molecule has 0 aliphatic carbocycles. The number of hydrogen-bond acceptors (Lipinski definition) is 4. The first kappa shape index (κ1) is 17.9. The molecule has 0 bridgehead atoms. The van der Waals surface area contributed by atoms with E-state index in [-0.39, 0.29) is 5.78 Å². The molecule has 0 radical (unpaired) electrons. The van der Waals surface area contributed by atoms with Crippen LogP contribution in [0.4, 0.5) is 0 Å². The molecule has 120 valence electrons. The van der Waals surface area contributed by atoms with Crippen LogP contribution in [-0.2, 0) is 19.1 Å². The van der Waals surface area contributed by atoms with Gasteiger partial charge >= 0.3 is 5.97 Å². The SMILES string of the molecule is CCCCCCCCCCC1OC(OC(C)=O)C=CC1=O. The first-order valence-electron chi connectivity index (χ1n) is 8.18. The minimum atomic E-state index is -0.709. The Balaban J connectivity index is 2.12. The predicted molar refractivity (Wildman–Crippen MR) is 81.8 cm³/mol. The van der Waals surface area contributed by atoms with E-state index in [9.17, 15) is 9.59 Å². The fraction of sp³-hybridized carbons (Fsp3) is 0.765. The third kappa shape index (κ3) is 8.00. The summed E-state index contributed by atoms with van der Waals surface area (Å²) in [6, 6.07) is 0. The van der Waals surface area contributed by atoms with E-state index in [2.05, 4.69) is 6.92 Å². The standard InChI is InChI=1S/C17H28O4/c1-3-4-5-6-7-8-9-10-11-16-15(19)12-13-17(21-16)20-14(2)18/h12-13,16-17H,3-11H2,1-2H3. The molecular formula is C17H28O4.